The number of nitrogens with zero attached hydrogens (tertiary/aromatic N) is 4. The van der Waals surface area contributed by atoms with Crippen molar-refractivity contribution >= 4 is 67.8 Å². The molecular weight excluding hydrogens is 575 g/mol. The number of aryl methyl sites for hydroxylation is 2. The second-order valence-electron chi connectivity index (χ2n) is 9.44. The van der Waals surface area contributed by atoms with Crippen LogP contribution in [0.15, 0.2) is 54.4 Å². The second-order valence-corrected chi connectivity index (χ2v) is 11.9. The highest BCUT2D eigenvalue weighted by molar-refractivity contribution is 7.85. The van der Waals surface area contributed by atoms with Gasteiger partial charge in [0.15, 0.2) is 11.0 Å². The van der Waals surface area contributed by atoms with Gasteiger partial charge < -0.3 is 14.9 Å². The minimum absolute atomic E-state index is 0.0288. The number of carbonyl (C=O) groups is 1. The SMILES string of the molecule is CCN1C(=CC=Cc2n(CCCCS(=O)(=O)O)c3cc(Cl)ccc3[n+]2CC)N(CCC(=O)O)c2cc(Cl)ccc21. The van der Waals surface area contributed by atoms with Crippen LogP contribution in [0.25, 0.3) is 17.1 Å². The van der Waals surface area contributed by atoms with Crippen LogP contribution in [0, 0.1) is 0 Å². The molecule has 214 valence electrons. The van der Waals surface area contributed by atoms with E-state index >= 15 is 0 Å². The summed E-state index contributed by atoms with van der Waals surface area (Å²) in [6.07, 6.45) is 6.74. The number of anilines is 2. The van der Waals surface area contributed by atoms with Crippen LogP contribution < -0.4 is 14.4 Å². The molecule has 2 N–H and O–H groups in total. The zero-order chi connectivity index (χ0) is 29.0. The van der Waals surface area contributed by atoms with E-state index in [0.717, 1.165) is 34.1 Å². The minimum Gasteiger partial charge on any atom is -0.481 e. The zero-order valence-electron chi connectivity index (χ0n) is 22.4. The molecule has 3 aromatic rings. The third-order valence-corrected chi connectivity index (χ3v) is 8.13. The summed E-state index contributed by atoms with van der Waals surface area (Å²) in [4.78, 5) is 15.5. The Morgan fingerprint density at radius 2 is 1.73 bits per heavy atom. The molecule has 1 aliphatic rings. The molecule has 0 amide bonds. The number of benzene rings is 2. The van der Waals surface area contributed by atoms with Gasteiger partial charge in [0.2, 0.25) is 0 Å². The summed E-state index contributed by atoms with van der Waals surface area (Å²) in [6.45, 7) is 6.29. The number of fused-ring (bicyclic) bond motifs is 2. The van der Waals surface area contributed by atoms with Crippen molar-refractivity contribution in [1.29, 1.82) is 0 Å². The average molecular weight is 609 g/mol. The smallest absolute Gasteiger partial charge is 0.305 e. The summed E-state index contributed by atoms with van der Waals surface area (Å²) in [5.74, 6) is 0.581. The molecule has 1 aliphatic heterocycles. The Hall–Kier alpha value is -3.05. The predicted molar refractivity (Wildman–Crippen MR) is 160 cm³/mol. The van der Waals surface area contributed by atoms with Crippen molar-refractivity contribution < 1.29 is 27.4 Å². The first-order valence-corrected chi connectivity index (χ1v) is 15.5. The largest absolute Gasteiger partial charge is 0.481 e. The fourth-order valence-corrected chi connectivity index (χ4v) is 6.05. The van der Waals surface area contributed by atoms with Gasteiger partial charge in [0.1, 0.15) is 5.82 Å². The van der Waals surface area contributed by atoms with Gasteiger partial charge in [-0.25, -0.2) is 9.13 Å². The number of carboxylic acids is 1. The molecule has 0 aliphatic carbocycles. The zero-order valence-corrected chi connectivity index (χ0v) is 24.8. The van der Waals surface area contributed by atoms with Gasteiger partial charge in [-0.15, -0.1) is 0 Å². The highest BCUT2D eigenvalue weighted by Gasteiger charge is 2.30. The maximum Gasteiger partial charge on any atom is 0.305 e. The lowest BCUT2D eigenvalue weighted by atomic mass is 10.2. The quantitative estimate of drug-likeness (QED) is 0.157. The van der Waals surface area contributed by atoms with E-state index in [9.17, 15) is 18.3 Å². The van der Waals surface area contributed by atoms with Gasteiger partial charge in [0.25, 0.3) is 15.9 Å². The fraction of sp³-hybridized carbons (Fsp3) is 0.357. The molecule has 0 bridgehead atoms. The molecular formula is C28H33Cl2N4O5S+. The number of carboxylic acid groups (broad SMARTS) is 1. The van der Waals surface area contributed by atoms with Crippen molar-refractivity contribution in [3.63, 3.8) is 0 Å². The van der Waals surface area contributed by atoms with E-state index in [4.69, 9.17) is 27.8 Å². The predicted octanol–water partition coefficient (Wildman–Crippen LogP) is 5.60. The summed E-state index contributed by atoms with van der Waals surface area (Å²) in [6, 6.07) is 11.3. The maximum absolute atomic E-state index is 11.4. The summed E-state index contributed by atoms with van der Waals surface area (Å²) >= 11 is 12.6. The molecule has 1 aromatic heterocycles. The summed E-state index contributed by atoms with van der Waals surface area (Å²) in [7, 11) is -4.02. The van der Waals surface area contributed by atoms with Crippen LogP contribution in [-0.2, 0) is 28.0 Å². The van der Waals surface area contributed by atoms with Crippen molar-refractivity contribution in [3.8, 4) is 0 Å². The highest BCUT2D eigenvalue weighted by Crippen LogP contribution is 2.43. The van der Waals surface area contributed by atoms with Gasteiger partial charge in [-0.1, -0.05) is 29.3 Å². The topological polar surface area (TPSA) is 107 Å². The van der Waals surface area contributed by atoms with Crippen LogP contribution in [-0.4, -0.2) is 47.5 Å². The van der Waals surface area contributed by atoms with Crippen LogP contribution in [0.4, 0.5) is 11.4 Å². The molecule has 40 heavy (non-hydrogen) atoms. The molecule has 0 atom stereocenters. The molecule has 2 aromatic carbocycles. The molecule has 4 rings (SSSR count). The molecule has 0 fully saturated rings. The minimum atomic E-state index is -4.02. The van der Waals surface area contributed by atoms with Crippen molar-refractivity contribution in [2.75, 3.05) is 28.6 Å². The van der Waals surface area contributed by atoms with E-state index in [1.807, 2.05) is 66.4 Å². The molecule has 0 saturated heterocycles. The Balaban J connectivity index is 1.74. The lowest BCUT2D eigenvalue weighted by molar-refractivity contribution is -0.670. The third-order valence-electron chi connectivity index (χ3n) is 6.85. The molecule has 2 heterocycles. The molecule has 0 radical (unpaired) electrons. The number of hydrogen-bond donors (Lipinski definition) is 2. The number of halogens is 2. The molecule has 0 spiro atoms. The Kier molecular flexibility index (Phi) is 9.45. The van der Waals surface area contributed by atoms with Crippen molar-refractivity contribution in [3.05, 3.63) is 70.2 Å². The fourth-order valence-electron chi connectivity index (χ4n) is 5.14. The summed E-state index contributed by atoms with van der Waals surface area (Å²) in [5.41, 5.74) is 3.74. The Bertz CT molecular complexity index is 1580. The normalized spacial score (nSPS) is 14.7. The van der Waals surface area contributed by atoms with E-state index in [-0.39, 0.29) is 12.2 Å². The van der Waals surface area contributed by atoms with E-state index in [2.05, 4.69) is 21.0 Å². The first kappa shape index (κ1) is 29.9. The molecule has 12 heteroatoms. The van der Waals surface area contributed by atoms with Gasteiger partial charge in [-0.3, -0.25) is 9.35 Å². The van der Waals surface area contributed by atoms with Crippen molar-refractivity contribution in [2.24, 2.45) is 0 Å². The maximum atomic E-state index is 11.4. The number of aliphatic carboxylic acids is 1. The van der Waals surface area contributed by atoms with Gasteiger partial charge >= 0.3 is 5.97 Å². The van der Waals surface area contributed by atoms with Gasteiger partial charge in [0, 0.05) is 35.3 Å². The number of hydrogen-bond acceptors (Lipinski definition) is 5. The van der Waals surface area contributed by atoms with Crippen LogP contribution in [0.1, 0.15) is 38.9 Å². The van der Waals surface area contributed by atoms with Crippen LogP contribution >= 0.6 is 23.2 Å². The van der Waals surface area contributed by atoms with Gasteiger partial charge in [0.05, 0.1) is 36.6 Å². The van der Waals surface area contributed by atoms with Crippen molar-refractivity contribution in [2.45, 2.75) is 46.2 Å². The first-order valence-electron chi connectivity index (χ1n) is 13.2. The third kappa shape index (κ3) is 6.63. The Labute approximate surface area is 244 Å². The Morgan fingerprint density at radius 3 is 2.40 bits per heavy atom. The molecule has 0 unspecified atom stereocenters. The molecule has 0 saturated carbocycles. The number of unbranched alkanes of at least 4 members (excludes halogenated alkanes) is 1. The lowest BCUT2D eigenvalue weighted by Gasteiger charge is -2.23. The van der Waals surface area contributed by atoms with E-state index in [0.29, 0.717) is 49.1 Å². The van der Waals surface area contributed by atoms with Crippen LogP contribution in [0.5, 0.6) is 0 Å². The van der Waals surface area contributed by atoms with Crippen LogP contribution in [0.2, 0.25) is 10.0 Å². The first-order chi connectivity index (χ1) is 19.0. The van der Waals surface area contributed by atoms with E-state index < -0.39 is 16.1 Å². The van der Waals surface area contributed by atoms with Gasteiger partial charge in [-0.05, 0) is 63.1 Å². The number of imidazole rings is 1. The summed E-state index contributed by atoms with van der Waals surface area (Å²) in [5, 5.41) is 10.5. The lowest BCUT2D eigenvalue weighted by Crippen LogP contribution is -2.35. The number of rotatable bonds is 12. The Morgan fingerprint density at radius 1 is 1.00 bits per heavy atom. The monoisotopic (exact) mass is 607 g/mol. The van der Waals surface area contributed by atoms with Gasteiger partial charge in [-0.2, -0.15) is 8.42 Å². The number of aromatic nitrogens is 2. The van der Waals surface area contributed by atoms with E-state index in [1.54, 1.807) is 0 Å². The van der Waals surface area contributed by atoms with Crippen molar-refractivity contribution in [1.82, 2.24) is 4.57 Å². The summed E-state index contributed by atoms with van der Waals surface area (Å²) < 4.78 is 35.8. The standard InChI is InChI=1S/C28H32Cl2N4O5S/c1-3-31-22-12-10-20(29)18-24(22)33(15-5-6-17-40(37,38)39)26(31)8-7-9-27-32(4-2)23-13-11-21(30)19-25(23)34(27)16-14-28(35)36/h7-13,18-19H,3-6,14-17H2,1-2H3,(H-,35,36,37,38,39)/p+1. The average Bonchev–Trinajstić information content (AvgIpc) is 3.34. The van der Waals surface area contributed by atoms with E-state index in [1.165, 1.54) is 0 Å². The highest BCUT2D eigenvalue weighted by atomic mass is 35.5. The second kappa shape index (κ2) is 12.6. The molecule has 9 nitrogen and oxygen atoms in total. The van der Waals surface area contributed by atoms with Crippen LogP contribution in [0.3, 0.4) is 0 Å². The number of allylic oxidation sites excluding steroid dienone is 2.